The van der Waals surface area contributed by atoms with Gasteiger partial charge in [-0.15, -0.1) is 0 Å². The summed E-state index contributed by atoms with van der Waals surface area (Å²) in [6.45, 7) is 0. The second-order valence-corrected chi connectivity index (χ2v) is 4.99. The average Bonchev–Trinajstić information content (AvgIpc) is 2.38. The summed E-state index contributed by atoms with van der Waals surface area (Å²) in [6.07, 6.45) is 0.577. The van der Waals surface area contributed by atoms with E-state index >= 15 is 0 Å². The molecule has 3 heteroatoms. The van der Waals surface area contributed by atoms with Crippen molar-refractivity contribution in [3.05, 3.63) is 71.8 Å². The standard InChI is InChI=1S/C14H14O2S/c15-17(16)14(13-9-5-2-6-10-13)11-12-7-3-1-4-8-12/h1-10,14H,11H2,(H,15,16). The van der Waals surface area contributed by atoms with Crippen LogP contribution in [0, 0.1) is 0 Å². The van der Waals surface area contributed by atoms with Crippen LogP contribution in [0.1, 0.15) is 16.4 Å². The smallest absolute Gasteiger partial charge is 0.160 e. The van der Waals surface area contributed by atoms with E-state index in [9.17, 15) is 8.76 Å². The molecule has 1 N–H and O–H groups in total. The van der Waals surface area contributed by atoms with Gasteiger partial charge in [0.1, 0.15) is 0 Å². The van der Waals surface area contributed by atoms with E-state index in [0.29, 0.717) is 6.42 Å². The fraction of sp³-hybridized carbons (Fsp3) is 0.143. The van der Waals surface area contributed by atoms with Crippen molar-refractivity contribution in [2.45, 2.75) is 11.7 Å². The Hall–Kier alpha value is -1.45. The molecule has 0 spiro atoms. The van der Waals surface area contributed by atoms with Crippen LogP contribution in [-0.2, 0) is 17.5 Å². The predicted molar refractivity (Wildman–Crippen MR) is 70.1 cm³/mol. The average molecular weight is 246 g/mol. The molecular weight excluding hydrogens is 232 g/mol. The van der Waals surface area contributed by atoms with Crippen LogP contribution in [0.15, 0.2) is 60.7 Å². The maximum atomic E-state index is 11.4. The molecule has 0 bridgehead atoms. The summed E-state index contributed by atoms with van der Waals surface area (Å²) in [7, 11) is 0. The lowest BCUT2D eigenvalue weighted by Gasteiger charge is -2.13. The fourth-order valence-electron chi connectivity index (χ4n) is 1.80. The first-order valence-electron chi connectivity index (χ1n) is 5.46. The van der Waals surface area contributed by atoms with Crippen LogP contribution in [0.5, 0.6) is 0 Å². The molecule has 2 nitrogen and oxygen atoms in total. The first-order valence-corrected chi connectivity index (χ1v) is 6.63. The van der Waals surface area contributed by atoms with Gasteiger partial charge in [0.2, 0.25) is 0 Å². The van der Waals surface area contributed by atoms with Crippen molar-refractivity contribution in [2.75, 3.05) is 0 Å². The third kappa shape index (κ3) is 3.25. The zero-order chi connectivity index (χ0) is 12.1. The Morgan fingerprint density at radius 2 is 1.47 bits per heavy atom. The lowest BCUT2D eigenvalue weighted by Crippen LogP contribution is -2.08. The van der Waals surface area contributed by atoms with E-state index in [1.165, 1.54) is 0 Å². The molecule has 0 aliphatic heterocycles. The highest BCUT2D eigenvalue weighted by Gasteiger charge is 2.17. The first kappa shape index (κ1) is 12.0. The van der Waals surface area contributed by atoms with Gasteiger partial charge >= 0.3 is 0 Å². The van der Waals surface area contributed by atoms with Gasteiger partial charge in [-0.25, -0.2) is 4.21 Å². The van der Waals surface area contributed by atoms with E-state index in [1.807, 2.05) is 60.7 Å². The largest absolute Gasteiger partial charge is 0.306 e. The van der Waals surface area contributed by atoms with Gasteiger partial charge in [0, 0.05) is 0 Å². The molecule has 0 fully saturated rings. The van der Waals surface area contributed by atoms with Crippen LogP contribution < -0.4 is 0 Å². The molecule has 0 aliphatic carbocycles. The molecule has 0 heterocycles. The summed E-state index contributed by atoms with van der Waals surface area (Å²) >= 11 is -1.85. The molecule has 2 atom stereocenters. The van der Waals surface area contributed by atoms with Crippen LogP contribution >= 0.6 is 0 Å². The summed E-state index contributed by atoms with van der Waals surface area (Å²) < 4.78 is 20.8. The molecule has 2 rings (SSSR count). The van der Waals surface area contributed by atoms with Crippen molar-refractivity contribution in [2.24, 2.45) is 0 Å². The molecule has 2 aromatic rings. The summed E-state index contributed by atoms with van der Waals surface area (Å²) in [4.78, 5) is 0. The topological polar surface area (TPSA) is 37.3 Å². The molecule has 0 saturated heterocycles. The zero-order valence-electron chi connectivity index (χ0n) is 9.32. The molecule has 2 unspecified atom stereocenters. The van der Waals surface area contributed by atoms with Gasteiger partial charge in [0.05, 0.1) is 5.25 Å². The lowest BCUT2D eigenvalue weighted by atomic mass is 10.0. The van der Waals surface area contributed by atoms with Gasteiger partial charge in [0.25, 0.3) is 0 Å². The Morgan fingerprint density at radius 1 is 0.941 bits per heavy atom. The minimum absolute atomic E-state index is 0.362. The Morgan fingerprint density at radius 3 is 2.00 bits per heavy atom. The molecule has 17 heavy (non-hydrogen) atoms. The quantitative estimate of drug-likeness (QED) is 0.841. The van der Waals surface area contributed by atoms with E-state index in [2.05, 4.69) is 0 Å². The number of hydrogen-bond donors (Lipinski definition) is 1. The van der Waals surface area contributed by atoms with Crippen molar-refractivity contribution in [3.63, 3.8) is 0 Å². The van der Waals surface area contributed by atoms with Crippen molar-refractivity contribution < 1.29 is 8.76 Å². The minimum Gasteiger partial charge on any atom is -0.306 e. The van der Waals surface area contributed by atoms with Crippen molar-refractivity contribution in [3.8, 4) is 0 Å². The van der Waals surface area contributed by atoms with E-state index in [-0.39, 0.29) is 5.25 Å². The highest BCUT2D eigenvalue weighted by molar-refractivity contribution is 7.79. The summed E-state index contributed by atoms with van der Waals surface area (Å²) in [5.41, 5.74) is 1.97. The third-order valence-electron chi connectivity index (χ3n) is 2.68. The van der Waals surface area contributed by atoms with E-state index < -0.39 is 11.1 Å². The molecule has 88 valence electrons. The molecule has 0 aliphatic rings. The van der Waals surface area contributed by atoms with Crippen LogP contribution in [0.25, 0.3) is 0 Å². The Balaban J connectivity index is 2.23. The van der Waals surface area contributed by atoms with Gasteiger partial charge in [-0.2, -0.15) is 0 Å². The van der Waals surface area contributed by atoms with Crippen LogP contribution in [0.4, 0.5) is 0 Å². The molecule has 0 amide bonds. The monoisotopic (exact) mass is 246 g/mol. The van der Waals surface area contributed by atoms with Gasteiger partial charge in [0.15, 0.2) is 11.1 Å². The van der Waals surface area contributed by atoms with Crippen LogP contribution in [0.3, 0.4) is 0 Å². The maximum absolute atomic E-state index is 11.4. The van der Waals surface area contributed by atoms with Gasteiger partial charge in [-0.3, -0.25) is 0 Å². The second kappa shape index (κ2) is 5.75. The molecule has 0 saturated carbocycles. The summed E-state index contributed by atoms with van der Waals surface area (Å²) in [5.74, 6) is 0. The number of rotatable bonds is 4. The minimum atomic E-state index is -1.85. The fourth-order valence-corrected chi connectivity index (χ4v) is 2.53. The molecule has 0 radical (unpaired) electrons. The maximum Gasteiger partial charge on any atom is 0.160 e. The first-order chi connectivity index (χ1) is 8.27. The number of hydrogen-bond acceptors (Lipinski definition) is 1. The van der Waals surface area contributed by atoms with Gasteiger partial charge in [-0.1, -0.05) is 60.7 Å². The molecular formula is C14H14O2S. The Bertz CT molecular complexity index is 482. The predicted octanol–water partition coefficient (Wildman–Crippen LogP) is 3.19. The van der Waals surface area contributed by atoms with Crippen LogP contribution in [-0.4, -0.2) is 8.76 Å². The van der Waals surface area contributed by atoms with Gasteiger partial charge in [-0.05, 0) is 17.5 Å². The summed E-state index contributed by atoms with van der Waals surface area (Å²) in [6, 6.07) is 19.2. The van der Waals surface area contributed by atoms with Gasteiger partial charge < -0.3 is 4.55 Å². The highest BCUT2D eigenvalue weighted by atomic mass is 32.2. The second-order valence-electron chi connectivity index (χ2n) is 3.87. The SMILES string of the molecule is O=S(O)C(Cc1ccccc1)c1ccccc1. The van der Waals surface area contributed by atoms with E-state index in [4.69, 9.17) is 0 Å². The third-order valence-corrected chi connectivity index (χ3v) is 3.60. The Labute approximate surface area is 104 Å². The van der Waals surface area contributed by atoms with Crippen molar-refractivity contribution >= 4 is 11.1 Å². The molecule has 0 aromatic heterocycles. The van der Waals surface area contributed by atoms with Crippen LogP contribution in [0.2, 0.25) is 0 Å². The van der Waals surface area contributed by atoms with Crippen molar-refractivity contribution in [1.82, 2.24) is 0 Å². The summed E-state index contributed by atoms with van der Waals surface area (Å²) in [5, 5.41) is -0.362. The van der Waals surface area contributed by atoms with E-state index in [1.54, 1.807) is 0 Å². The lowest BCUT2D eigenvalue weighted by molar-refractivity contribution is 0.548. The van der Waals surface area contributed by atoms with Crippen molar-refractivity contribution in [1.29, 1.82) is 0 Å². The number of benzene rings is 2. The normalized spacial score (nSPS) is 14.2. The Kier molecular flexibility index (Phi) is 4.07. The molecule has 2 aromatic carbocycles. The zero-order valence-corrected chi connectivity index (χ0v) is 10.1. The van der Waals surface area contributed by atoms with E-state index in [0.717, 1.165) is 11.1 Å². The highest BCUT2D eigenvalue weighted by Crippen LogP contribution is 2.23.